The van der Waals surface area contributed by atoms with Gasteiger partial charge in [-0.3, -0.25) is 14.4 Å². The predicted octanol–water partition coefficient (Wildman–Crippen LogP) is 1.65. The zero-order valence-electron chi connectivity index (χ0n) is 16.5. The van der Waals surface area contributed by atoms with Gasteiger partial charge in [-0.05, 0) is 24.3 Å². The highest BCUT2D eigenvalue weighted by atomic mass is 35.5. The number of hydrogen-bond donors (Lipinski definition) is 1. The molecule has 7 nitrogen and oxygen atoms in total. The molecular formula is C22H21ClN2O5S. The van der Waals surface area contributed by atoms with Crippen LogP contribution >= 0.6 is 23.4 Å². The van der Waals surface area contributed by atoms with Gasteiger partial charge in [-0.15, -0.1) is 11.8 Å². The number of carbonyl (C=O) groups is 3. The number of benzene rings is 1. The van der Waals surface area contributed by atoms with E-state index in [2.05, 4.69) is 0 Å². The summed E-state index contributed by atoms with van der Waals surface area (Å²) in [5, 5.41) is 9.95. The maximum Gasteiger partial charge on any atom is 0.311 e. The molecule has 1 N–H and O–H groups in total. The van der Waals surface area contributed by atoms with E-state index in [9.17, 15) is 19.5 Å². The van der Waals surface area contributed by atoms with E-state index in [0.29, 0.717) is 17.3 Å². The van der Waals surface area contributed by atoms with E-state index in [-0.39, 0.29) is 36.8 Å². The smallest absolute Gasteiger partial charge is 0.311 e. The molecule has 4 aliphatic heterocycles. The van der Waals surface area contributed by atoms with Gasteiger partial charge in [-0.2, -0.15) is 0 Å². The largest absolute Gasteiger partial charge is 0.461 e. The topological polar surface area (TPSA) is 87.2 Å². The first kappa shape index (κ1) is 20.6. The number of β-amino-alcohol motifs (C(OH)–C–C–N with tert-alkyl or cyclic N) is 1. The third-order valence-electron chi connectivity index (χ3n) is 6.39. The minimum Gasteiger partial charge on any atom is -0.461 e. The van der Waals surface area contributed by atoms with Crippen molar-refractivity contribution in [2.75, 3.05) is 31.2 Å². The van der Waals surface area contributed by atoms with Crippen molar-refractivity contribution in [2.24, 2.45) is 11.8 Å². The SMILES string of the molecule is O=C1OCC=C[C@@H]2S[C@]34C=CCN(c5ccc(Cl)cc5)C(=O)C3N(CCO)C(=O)[C@@H]4[C@H]12. The molecule has 2 amide bonds. The van der Waals surface area contributed by atoms with Crippen LogP contribution in [0.2, 0.25) is 5.02 Å². The Morgan fingerprint density at radius 2 is 1.94 bits per heavy atom. The van der Waals surface area contributed by atoms with Crippen LogP contribution in [0.1, 0.15) is 0 Å². The molecule has 5 rings (SSSR count). The van der Waals surface area contributed by atoms with Gasteiger partial charge in [0.25, 0.3) is 5.91 Å². The third-order valence-corrected chi connectivity index (χ3v) is 8.39. The molecule has 2 fully saturated rings. The summed E-state index contributed by atoms with van der Waals surface area (Å²) in [6.45, 7) is 0.274. The number of cyclic esters (lactones) is 1. The first-order chi connectivity index (χ1) is 15.0. The number of esters is 1. The molecule has 1 spiro atoms. The summed E-state index contributed by atoms with van der Waals surface area (Å²) in [4.78, 5) is 43.2. The second-order valence-electron chi connectivity index (χ2n) is 7.98. The molecule has 0 radical (unpaired) electrons. The molecule has 9 heteroatoms. The van der Waals surface area contributed by atoms with Gasteiger partial charge in [0, 0.05) is 29.0 Å². The fourth-order valence-electron chi connectivity index (χ4n) is 5.17. The molecule has 0 bridgehead atoms. The molecule has 0 saturated carbocycles. The van der Waals surface area contributed by atoms with Gasteiger partial charge in [0.2, 0.25) is 5.91 Å². The molecule has 1 aromatic rings. The highest BCUT2D eigenvalue weighted by Crippen LogP contribution is 2.60. The summed E-state index contributed by atoms with van der Waals surface area (Å²) in [7, 11) is 0. The summed E-state index contributed by atoms with van der Waals surface area (Å²) in [6.07, 6.45) is 7.52. The molecule has 162 valence electrons. The van der Waals surface area contributed by atoms with Crippen molar-refractivity contribution in [3.8, 4) is 0 Å². The van der Waals surface area contributed by atoms with Gasteiger partial charge in [0.05, 0.1) is 23.2 Å². The molecule has 0 aromatic heterocycles. The summed E-state index contributed by atoms with van der Waals surface area (Å²) in [5.74, 6) is -2.33. The van der Waals surface area contributed by atoms with E-state index < -0.39 is 28.6 Å². The maximum absolute atomic E-state index is 13.9. The van der Waals surface area contributed by atoms with E-state index >= 15 is 0 Å². The van der Waals surface area contributed by atoms with Gasteiger partial charge >= 0.3 is 5.97 Å². The highest BCUT2D eigenvalue weighted by molar-refractivity contribution is 8.02. The quantitative estimate of drug-likeness (QED) is 0.545. The van der Waals surface area contributed by atoms with E-state index in [4.69, 9.17) is 16.3 Å². The van der Waals surface area contributed by atoms with Crippen molar-refractivity contribution < 1.29 is 24.2 Å². The van der Waals surface area contributed by atoms with Crippen LogP contribution in [0.25, 0.3) is 0 Å². The van der Waals surface area contributed by atoms with Crippen molar-refractivity contribution in [1.29, 1.82) is 0 Å². The van der Waals surface area contributed by atoms with Crippen molar-refractivity contribution in [3.05, 3.63) is 53.6 Å². The highest BCUT2D eigenvalue weighted by Gasteiger charge is 2.71. The molecule has 4 heterocycles. The van der Waals surface area contributed by atoms with Crippen LogP contribution in [-0.4, -0.2) is 70.1 Å². The number of halogens is 1. The van der Waals surface area contributed by atoms with Gasteiger partial charge in [0.15, 0.2) is 0 Å². The van der Waals surface area contributed by atoms with Gasteiger partial charge in [0.1, 0.15) is 12.6 Å². The zero-order valence-corrected chi connectivity index (χ0v) is 18.1. The Hall–Kier alpha value is -2.29. The Balaban J connectivity index is 1.61. The second kappa shape index (κ2) is 7.69. The summed E-state index contributed by atoms with van der Waals surface area (Å²) in [5.41, 5.74) is 0.674. The monoisotopic (exact) mass is 460 g/mol. The van der Waals surface area contributed by atoms with Gasteiger partial charge in [-0.1, -0.05) is 35.9 Å². The average molecular weight is 461 g/mol. The molecular weight excluding hydrogens is 440 g/mol. The number of aliphatic hydroxyl groups is 1. The Bertz CT molecular complexity index is 996. The standard InChI is InChI=1S/C22H21ClN2O5S/c23-13-4-6-14(7-5-13)24-9-2-8-22-17(16-15(31-22)3-1-12-30-21(16)29)19(27)25(10-11-26)18(22)20(24)28/h1-8,15-18,26H,9-12H2/t15-,16+,17-,18?,22-/m0/s1. The van der Waals surface area contributed by atoms with Gasteiger partial charge in [-0.25, -0.2) is 0 Å². The van der Waals surface area contributed by atoms with E-state index in [1.54, 1.807) is 35.2 Å². The lowest BCUT2D eigenvalue weighted by molar-refractivity contribution is -0.151. The Morgan fingerprint density at radius 1 is 1.16 bits per heavy atom. The number of nitrogens with zero attached hydrogens (tertiary/aromatic N) is 2. The lowest BCUT2D eigenvalue weighted by Gasteiger charge is -2.35. The van der Waals surface area contributed by atoms with Crippen LogP contribution in [0.15, 0.2) is 48.6 Å². The number of hydrogen-bond acceptors (Lipinski definition) is 6. The summed E-state index contributed by atoms with van der Waals surface area (Å²) < 4.78 is 4.41. The Morgan fingerprint density at radius 3 is 2.68 bits per heavy atom. The zero-order chi connectivity index (χ0) is 21.8. The molecule has 31 heavy (non-hydrogen) atoms. The lowest BCUT2D eigenvalue weighted by Crippen LogP contribution is -2.53. The molecule has 1 aromatic carbocycles. The van der Waals surface area contributed by atoms with Crippen molar-refractivity contribution >= 4 is 46.8 Å². The number of likely N-dealkylation sites (tertiary alicyclic amines) is 1. The number of thioether (sulfide) groups is 1. The fourth-order valence-corrected chi connectivity index (χ4v) is 7.30. The number of amides is 2. The molecule has 4 aliphatic rings. The van der Waals surface area contributed by atoms with E-state index in [0.717, 1.165) is 0 Å². The number of aliphatic hydroxyl groups excluding tert-OH is 1. The Kier molecular flexibility index (Phi) is 5.11. The number of ether oxygens (including phenoxy) is 1. The molecule has 0 aliphatic carbocycles. The van der Waals surface area contributed by atoms with Crippen LogP contribution < -0.4 is 4.90 Å². The van der Waals surface area contributed by atoms with E-state index in [1.807, 2.05) is 18.2 Å². The summed E-state index contributed by atoms with van der Waals surface area (Å²) >= 11 is 7.49. The normalized spacial score (nSPS) is 34.2. The van der Waals surface area contributed by atoms with Crippen molar-refractivity contribution in [3.63, 3.8) is 0 Å². The first-order valence-corrected chi connectivity index (χ1v) is 11.4. The minimum atomic E-state index is -0.902. The average Bonchev–Trinajstić information content (AvgIpc) is 3.04. The minimum absolute atomic E-state index is 0.0264. The fraction of sp³-hybridized carbons (Fsp3) is 0.409. The van der Waals surface area contributed by atoms with Crippen LogP contribution in [0.3, 0.4) is 0 Å². The molecule has 1 unspecified atom stereocenters. The molecule has 2 saturated heterocycles. The maximum atomic E-state index is 13.9. The number of carbonyl (C=O) groups excluding carboxylic acids is 3. The van der Waals surface area contributed by atoms with E-state index in [1.165, 1.54) is 16.7 Å². The number of fused-ring (bicyclic) bond motifs is 2. The summed E-state index contributed by atoms with van der Waals surface area (Å²) in [6, 6.07) is 6.13. The van der Waals surface area contributed by atoms with Gasteiger partial charge < -0.3 is 19.6 Å². The van der Waals surface area contributed by atoms with Crippen LogP contribution in [-0.2, 0) is 19.1 Å². The Labute approximate surface area is 188 Å². The van der Waals surface area contributed by atoms with Crippen LogP contribution in [0.5, 0.6) is 0 Å². The van der Waals surface area contributed by atoms with Crippen LogP contribution in [0, 0.1) is 11.8 Å². The van der Waals surface area contributed by atoms with Crippen LogP contribution in [0.4, 0.5) is 5.69 Å². The third kappa shape index (κ3) is 3.03. The lowest BCUT2D eigenvalue weighted by atomic mass is 9.78. The van der Waals surface area contributed by atoms with Crippen molar-refractivity contribution in [2.45, 2.75) is 16.0 Å². The second-order valence-corrected chi connectivity index (χ2v) is 9.91. The van der Waals surface area contributed by atoms with Crippen molar-refractivity contribution in [1.82, 2.24) is 4.90 Å². The first-order valence-electron chi connectivity index (χ1n) is 10.1. The number of anilines is 1. The number of rotatable bonds is 3. The molecule has 5 atom stereocenters. The predicted molar refractivity (Wildman–Crippen MR) is 117 cm³/mol.